The minimum absolute atomic E-state index is 0.113. The number of benzene rings is 1. The number of carbonyl (C=O) groups is 1. The summed E-state index contributed by atoms with van der Waals surface area (Å²) in [6.07, 6.45) is 1.68. The van der Waals surface area contributed by atoms with Gasteiger partial charge in [0.2, 0.25) is 5.91 Å². The second-order valence-electron chi connectivity index (χ2n) is 5.36. The Morgan fingerprint density at radius 1 is 1.52 bits per heavy atom. The van der Waals surface area contributed by atoms with Crippen LogP contribution < -0.4 is 10.7 Å². The summed E-state index contributed by atoms with van der Waals surface area (Å²) in [5.41, 5.74) is 5.26. The molecule has 1 aliphatic rings. The van der Waals surface area contributed by atoms with E-state index in [0.29, 0.717) is 12.1 Å². The van der Waals surface area contributed by atoms with E-state index in [2.05, 4.69) is 15.8 Å². The second-order valence-corrected chi connectivity index (χ2v) is 5.36. The molecule has 0 saturated carbocycles. The zero-order chi connectivity index (χ0) is 15.2. The Hall–Kier alpha value is -1.88. The molecule has 2 atom stereocenters. The van der Waals surface area contributed by atoms with Gasteiger partial charge < -0.3 is 10.4 Å². The van der Waals surface area contributed by atoms with Crippen LogP contribution in [0.5, 0.6) is 0 Å². The zero-order valence-corrected chi connectivity index (χ0v) is 12.6. The van der Waals surface area contributed by atoms with E-state index < -0.39 is 6.10 Å². The number of hydrogen-bond acceptors (Lipinski definition) is 4. The van der Waals surface area contributed by atoms with Gasteiger partial charge in [-0.3, -0.25) is 4.79 Å². The number of amides is 1. The first-order valence-corrected chi connectivity index (χ1v) is 7.50. The number of aliphatic hydroxyl groups excluding tert-OH is 1. The fourth-order valence-electron chi connectivity index (χ4n) is 2.56. The van der Waals surface area contributed by atoms with Crippen LogP contribution in [0, 0.1) is 0 Å². The standard InChI is InChI=1S/C16H23N3O2/c1-3-6-14(11(2)20)18-19-16(21)13-9-10-17-15-8-5-4-7-12(13)15/h4-5,7-8,11,13,17,20H,3,6,9-10H2,1-2H3,(H,19,21)/b18-14-/t11?,13-/m1/s1. The molecule has 0 bridgehead atoms. The van der Waals surface area contributed by atoms with Crippen molar-refractivity contribution in [3.8, 4) is 0 Å². The van der Waals surface area contributed by atoms with Crippen molar-refractivity contribution in [1.82, 2.24) is 5.43 Å². The van der Waals surface area contributed by atoms with Crippen LogP contribution in [0.2, 0.25) is 0 Å². The van der Waals surface area contributed by atoms with Gasteiger partial charge in [0.1, 0.15) is 0 Å². The van der Waals surface area contributed by atoms with Crippen molar-refractivity contribution in [1.29, 1.82) is 0 Å². The second kappa shape index (κ2) is 7.22. The van der Waals surface area contributed by atoms with Gasteiger partial charge in [0.05, 0.1) is 17.7 Å². The molecule has 21 heavy (non-hydrogen) atoms. The maximum atomic E-state index is 12.4. The molecule has 0 radical (unpaired) electrons. The van der Waals surface area contributed by atoms with Crippen LogP contribution in [0.4, 0.5) is 5.69 Å². The molecule has 1 aromatic rings. The van der Waals surface area contributed by atoms with Gasteiger partial charge in [-0.25, -0.2) is 5.43 Å². The van der Waals surface area contributed by atoms with Crippen molar-refractivity contribution >= 4 is 17.3 Å². The monoisotopic (exact) mass is 289 g/mol. The summed E-state index contributed by atoms with van der Waals surface area (Å²) in [4.78, 5) is 12.4. The zero-order valence-electron chi connectivity index (χ0n) is 12.6. The quantitative estimate of drug-likeness (QED) is 0.575. The molecule has 0 spiro atoms. The summed E-state index contributed by atoms with van der Waals surface area (Å²) in [6, 6.07) is 7.85. The average Bonchev–Trinajstić information content (AvgIpc) is 2.50. The largest absolute Gasteiger partial charge is 0.387 e. The molecule has 114 valence electrons. The van der Waals surface area contributed by atoms with Crippen LogP contribution in [-0.4, -0.2) is 29.4 Å². The third-order valence-electron chi connectivity index (χ3n) is 3.70. The van der Waals surface area contributed by atoms with Gasteiger partial charge in [0.25, 0.3) is 0 Å². The van der Waals surface area contributed by atoms with Crippen LogP contribution in [0.3, 0.4) is 0 Å². The van der Waals surface area contributed by atoms with Gasteiger partial charge >= 0.3 is 0 Å². The van der Waals surface area contributed by atoms with E-state index in [1.807, 2.05) is 31.2 Å². The van der Waals surface area contributed by atoms with E-state index in [1.165, 1.54) is 0 Å². The normalized spacial score (nSPS) is 19.4. The fraction of sp³-hybridized carbons (Fsp3) is 0.500. The highest BCUT2D eigenvalue weighted by molar-refractivity contribution is 5.91. The van der Waals surface area contributed by atoms with Crippen molar-refractivity contribution in [2.45, 2.75) is 45.1 Å². The first kappa shape index (κ1) is 15.5. The van der Waals surface area contributed by atoms with Crippen LogP contribution in [0.15, 0.2) is 29.4 Å². The van der Waals surface area contributed by atoms with Gasteiger partial charge in [-0.1, -0.05) is 31.5 Å². The highest BCUT2D eigenvalue weighted by Crippen LogP contribution is 2.31. The van der Waals surface area contributed by atoms with Gasteiger partial charge in [-0.15, -0.1) is 0 Å². The van der Waals surface area contributed by atoms with Gasteiger partial charge in [0.15, 0.2) is 0 Å². The summed E-state index contributed by atoms with van der Waals surface area (Å²) in [5.74, 6) is -0.304. The molecule has 2 rings (SSSR count). The smallest absolute Gasteiger partial charge is 0.247 e. The SMILES string of the molecule is CCC/C(=N/NC(=O)[C@@H]1CCNc2ccccc21)C(C)O. The van der Waals surface area contributed by atoms with Crippen LogP contribution in [-0.2, 0) is 4.79 Å². The fourth-order valence-corrected chi connectivity index (χ4v) is 2.56. The number of nitrogens with zero attached hydrogens (tertiary/aromatic N) is 1. The average molecular weight is 289 g/mol. The highest BCUT2D eigenvalue weighted by atomic mass is 16.3. The molecule has 5 nitrogen and oxygen atoms in total. The highest BCUT2D eigenvalue weighted by Gasteiger charge is 2.26. The first-order valence-electron chi connectivity index (χ1n) is 7.50. The van der Waals surface area contributed by atoms with E-state index in [9.17, 15) is 9.90 Å². The lowest BCUT2D eigenvalue weighted by atomic mass is 9.90. The van der Waals surface area contributed by atoms with E-state index in [-0.39, 0.29) is 11.8 Å². The van der Waals surface area contributed by atoms with Gasteiger partial charge in [0, 0.05) is 12.2 Å². The Morgan fingerprint density at radius 2 is 2.29 bits per heavy atom. The number of hydrazone groups is 1. The molecule has 1 amide bonds. The summed E-state index contributed by atoms with van der Waals surface area (Å²) in [6.45, 7) is 4.46. The van der Waals surface area contributed by atoms with E-state index >= 15 is 0 Å². The van der Waals surface area contributed by atoms with Crippen molar-refractivity contribution < 1.29 is 9.90 Å². The van der Waals surface area contributed by atoms with Crippen LogP contribution in [0.1, 0.15) is 44.6 Å². The van der Waals surface area contributed by atoms with Crippen molar-refractivity contribution in [2.24, 2.45) is 5.10 Å². The number of anilines is 1. The minimum atomic E-state index is -0.634. The number of carbonyl (C=O) groups excluding carboxylic acids is 1. The van der Waals surface area contributed by atoms with Crippen LogP contribution >= 0.6 is 0 Å². The summed E-state index contributed by atoms with van der Waals surface area (Å²) < 4.78 is 0. The summed E-state index contributed by atoms with van der Waals surface area (Å²) in [5, 5.41) is 17.0. The number of aliphatic hydroxyl groups is 1. The Bertz CT molecular complexity index is 526. The maximum Gasteiger partial charge on any atom is 0.247 e. The van der Waals surface area contributed by atoms with Crippen molar-refractivity contribution in [3.63, 3.8) is 0 Å². The van der Waals surface area contributed by atoms with E-state index in [4.69, 9.17) is 0 Å². The van der Waals surface area contributed by atoms with Crippen molar-refractivity contribution in [3.05, 3.63) is 29.8 Å². The topological polar surface area (TPSA) is 73.7 Å². The number of para-hydroxylation sites is 1. The molecule has 1 unspecified atom stereocenters. The summed E-state index contributed by atoms with van der Waals surface area (Å²) in [7, 11) is 0. The molecule has 0 saturated heterocycles. The molecule has 1 aliphatic heterocycles. The number of rotatable bonds is 5. The Balaban J connectivity index is 2.09. The van der Waals surface area contributed by atoms with Gasteiger partial charge in [-0.05, 0) is 31.4 Å². The van der Waals surface area contributed by atoms with E-state index in [1.54, 1.807) is 6.92 Å². The predicted octanol–water partition coefficient (Wildman–Crippen LogP) is 2.24. The molecule has 0 fully saturated rings. The Morgan fingerprint density at radius 3 is 3.00 bits per heavy atom. The third-order valence-corrected chi connectivity index (χ3v) is 3.70. The predicted molar refractivity (Wildman–Crippen MR) is 84.5 cm³/mol. The Labute approximate surface area is 125 Å². The minimum Gasteiger partial charge on any atom is -0.387 e. The molecule has 1 aromatic carbocycles. The number of nitrogens with one attached hydrogen (secondary N) is 2. The first-order chi connectivity index (χ1) is 10.1. The number of hydrogen-bond donors (Lipinski definition) is 3. The molecule has 0 aromatic heterocycles. The van der Waals surface area contributed by atoms with Crippen molar-refractivity contribution in [2.75, 3.05) is 11.9 Å². The Kier molecular flexibility index (Phi) is 5.33. The third kappa shape index (κ3) is 3.82. The molecule has 0 aliphatic carbocycles. The number of fused-ring (bicyclic) bond motifs is 1. The lowest BCUT2D eigenvalue weighted by Gasteiger charge is -2.25. The molecular weight excluding hydrogens is 266 g/mol. The van der Waals surface area contributed by atoms with Gasteiger partial charge in [-0.2, -0.15) is 5.10 Å². The molecule has 1 heterocycles. The molecule has 3 N–H and O–H groups in total. The molecule has 5 heteroatoms. The lowest BCUT2D eigenvalue weighted by molar-refractivity contribution is -0.122. The molecular formula is C16H23N3O2. The lowest BCUT2D eigenvalue weighted by Crippen LogP contribution is -2.32. The summed E-state index contributed by atoms with van der Waals surface area (Å²) >= 11 is 0. The van der Waals surface area contributed by atoms with E-state index in [0.717, 1.165) is 30.6 Å². The van der Waals surface area contributed by atoms with Crippen LogP contribution in [0.25, 0.3) is 0 Å². The maximum absolute atomic E-state index is 12.4.